The Morgan fingerprint density at radius 3 is 2.02 bits per heavy atom. The predicted molar refractivity (Wildman–Crippen MR) is 210 cm³/mol. The molecule has 2 saturated heterocycles. The number of nitrogens with one attached hydrogen (secondary N) is 4. The first kappa shape index (κ1) is 37.7. The third kappa shape index (κ3) is 6.84. The summed E-state index contributed by atoms with van der Waals surface area (Å²) in [6.45, 7) is 8.64. The van der Waals surface area contributed by atoms with E-state index in [2.05, 4.69) is 25.6 Å². The van der Waals surface area contributed by atoms with Crippen LogP contribution >= 0.6 is 0 Å². The number of ether oxygens (including phenoxy) is 2. The SMILES string of the molecule is COC(=O)N[C@H](C(=O)N1CCC[C@H]1c1nc2c(ccc3nc(-c4ccc5c(cnc6nc([C@@H]7CCCN7C(=O)[C@@H](NC(=O)OC)C(C)C)[nH]c65)c4)oc32)[nH]1)C(C)C. The van der Waals surface area contributed by atoms with E-state index in [-0.39, 0.29) is 35.7 Å². The van der Waals surface area contributed by atoms with Crippen molar-refractivity contribution in [2.24, 2.45) is 11.8 Å². The standard InChI is InChI=1S/C40H46N10O7/c1-19(2)28(46-39(53)55-5)37(51)49-15-7-9-26(49)33-42-24-13-14-25-32(31(24)45-33)57-36(43-25)21-11-12-23-22(17-21)18-41-35-30(23)44-34(48-35)27-10-8-16-50(27)38(52)29(20(3)4)47-40(54)56-6/h11-14,17-20,26-29H,7-10,15-16H2,1-6H3,(H,42,45)(H,46,53)(H,47,54)(H,41,44,48)/t26-,27-,28-,29-/m0/s1. The molecule has 2 aromatic carbocycles. The summed E-state index contributed by atoms with van der Waals surface area (Å²) in [6.07, 6.45) is 3.52. The van der Waals surface area contributed by atoms with E-state index < -0.39 is 24.3 Å². The van der Waals surface area contributed by atoms with Crippen molar-refractivity contribution < 1.29 is 33.1 Å². The van der Waals surface area contributed by atoms with Gasteiger partial charge in [-0.2, -0.15) is 0 Å². The molecule has 17 heteroatoms. The van der Waals surface area contributed by atoms with Gasteiger partial charge in [-0.3, -0.25) is 9.59 Å². The molecule has 0 spiro atoms. The van der Waals surface area contributed by atoms with E-state index in [4.69, 9.17) is 28.8 Å². The largest absolute Gasteiger partial charge is 0.453 e. The summed E-state index contributed by atoms with van der Waals surface area (Å²) < 4.78 is 15.9. The number of aromatic amines is 2. The van der Waals surface area contributed by atoms with Crippen LogP contribution in [0.5, 0.6) is 0 Å². The molecule has 4 aromatic heterocycles. The lowest BCUT2D eigenvalue weighted by atomic mass is 10.0. The molecular weight excluding hydrogens is 733 g/mol. The van der Waals surface area contributed by atoms with Crippen LogP contribution < -0.4 is 10.6 Å². The maximum Gasteiger partial charge on any atom is 0.407 e. The summed E-state index contributed by atoms with van der Waals surface area (Å²) in [5.41, 5.74) is 4.58. The first-order valence-corrected chi connectivity index (χ1v) is 19.3. The molecule has 4 amide bonds. The minimum atomic E-state index is -0.733. The van der Waals surface area contributed by atoms with Crippen molar-refractivity contribution in [2.75, 3.05) is 27.3 Å². The number of pyridine rings is 1. The zero-order valence-corrected chi connectivity index (χ0v) is 32.7. The van der Waals surface area contributed by atoms with Gasteiger partial charge < -0.3 is 44.3 Å². The van der Waals surface area contributed by atoms with E-state index in [9.17, 15) is 19.2 Å². The lowest BCUT2D eigenvalue weighted by Crippen LogP contribution is -2.51. The second-order valence-electron chi connectivity index (χ2n) is 15.4. The van der Waals surface area contributed by atoms with Crippen molar-refractivity contribution in [2.45, 2.75) is 77.5 Å². The Kier molecular flexibility index (Phi) is 9.91. The molecule has 0 unspecified atom stereocenters. The quantitative estimate of drug-likeness (QED) is 0.136. The highest BCUT2D eigenvalue weighted by Gasteiger charge is 2.39. The number of aromatic nitrogens is 6. The zero-order chi connectivity index (χ0) is 40.1. The Morgan fingerprint density at radius 2 is 1.42 bits per heavy atom. The lowest BCUT2D eigenvalue weighted by Gasteiger charge is -2.29. The third-order valence-electron chi connectivity index (χ3n) is 11.1. The van der Waals surface area contributed by atoms with E-state index in [1.165, 1.54) is 14.2 Å². The summed E-state index contributed by atoms with van der Waals surface area (Å²) in [5.74, 6) is 1.06. The number of likely N-dealkylation sites (tertiary alicyclic amines) is 2. The number of amides is 4. The highest BCUT2D eigenvalue weighted by Crippen LogP contribution is 2.37. The van der Waals surface area contributed by atoms with Gasteiger partial charge in [-0.15, -0.1) is 0 Å². The van der Waals surface area contributed by atoms with Crippen LogP contribution in [0.3, 0.4) is 0 Å². The van der Waals surface area contributed by atoms with Gasteiger partial charge in [0.2, 0.25) is 17.7 Å². The highest BCUT2D eigenvalue weighted by molar-refractivity contribution is 6.04. The Hall–Kier alpha value is -6.26. The number of oxazole rings is 1. The Bertz CT molecular complexity index is 2520. The van der Waals surface area contributed by atoms with Gasteiger partial charge in [-0.25, -0.2) is 29.5 Å². The minimum absolute atomic E-state index is 0.139. The summed E-state index contributed by atoms with van der Waals surface area (Å²) >= 11 is 0. The fourth-order valence-electron chi connectivity index (χ4n) is 8.13. The number of H-pyrrole nitrogens is 2. The van der Waals surface area contributed by atoms with Crippen molar-refractivity contribution in [1.29, 1.82) is 0 Å². The smallest absolute Gasteiger partial charge is 0.407 e. The molecule has 0 radical (unpaired) electrons. The van der Waals surface area contributed by atoms with Gasteiger partial charge >= 0.3 is 12.2 Å². The molecule has 298 valence electrons. The van der Waals surface area contributed by atoms with Crippen LogP contribution in [0, 0.1) is 11.8 Å². The molecule has 8 rings (SSSR count). The fraction of sp³-hybridized carbons (Fsp3) is 0.450. The number of hydrogen-bond acceptors (Lipinski definition) is 11. The highest BCUT2D eigenvalue weighted by atomic mass is 16.5. The van der Waals surface area contributed by atoms with Gasteiger partial charge in [-0.05, 0) is 61.8 Å². The predicted octanol–water partition coefficient (Wildman–Crippen LogP) is 5.88. The number of imidazole rings is 2. The molecule has 57 heavy (non-hydrogen) atoms. The lowest BCUT2D eigenvalue weighted by molar-refractivity contribution is -0.136. The van der Waals surface area contributed by atoms with Crippen molar-refractivity contribution in [3.05, 3.63) is 48.2 Å². The van der Waals surface area contributed by atoms with Gasteiger partial charge in [0.05, 0.1) is 37.3 Å². The molecule has 0 aliphatic carbocycles. The molecule has 2 fully saturated rings. The molecule has 2 aliphatic rings. The van der Waals surface area contributed by atoms with Crippen LogP contribution in [-0.2, 0) is 19.1 Å². The first-order chi connectivity index (χ1) is 27.4. The molecule has 0 saturated carbocycles. The van der Waals surface area contributed by atoms with Crippen molar-refractivity contribution in [1.82, 2.24) is 50.3 Å². The van der Waals surface area contributed by atoms with Crippen LogP contribution in [0.1, 0.15) is 77.1 Å². The maximum absolute atomic E-state index is 13.7. The molecule has 2 aliphatic heterocycles. The molecule has 6 aromatic rings. The molecule has 0 bridgehead atoms. The third-order valence-corrected chi connectivity index (χ3v) is 11.1. The van der Waals surface area contributed by atoms with Gasteiger partial charge in [0.15, 0.2) is 11.2 Å². The number of alkyl carbamates (subject to hydrolysis) is 2. The molecule has 6 heterocycles. The zero-order valence-electron chi connectivity index (χ0n) is 32.7. The van der Waals surface area contributed by atoms with E-state index in [1.54, 1.807) is 16.0 Å². The number of carbonyl (C=O) groups excluding carboxylic acids is 4. The van der Waals surface area contributed by atoms with Crippen LogP contribution in [-0.4, -0.2) is 103 Å². The monoisotopic (exact) mass is 778 g/mol. The summed E-state index contributed by atoms with van der Waals surface area (Å²) in [6, 6.07) is 7.61. The topological polar surface area (TPSA) is 214 Å². The van der Waals surface area contributed by atoms with Gasteiger partial charge in [0, 0.05) is 35.6 Å². The van der Waals surface area contributed by atoms with Crippen molar-refractivity contribution >= 4 is 68.1 Å². The number of hydrogen-bond donors (Lipinski definition) is 4. The molecule has 17 nitrogen and oxygen atoms in total. The van der Waals surface area contributed by atoms with Crippen LogP contribution in [0.2, 0.25) is 0 Å². The fourth-order valence-corrected chi connectivity index (χ4v) is 8.13. The van der Waals surface area contributed by atoms with Gasteiger partial charge in [0.1, 0.15) is 34.8 Å². The second-order valence-corrected chi connectivity index (χ2v) is 15.4. The number of benzene rings is 2. The van der Waals surface area contributed by atoms with E-state index in [1.807, 2.05) is 58.0 Å². The number of rotatable bonds is 9. The average Bonchev–Trinajstić information content (AvgIpc) is 4.05. The Balaban J connectivity index is 1.06. The molecule has 4 atom stereocenters. The average molecular weight is 779 g/mol. The number of carbonyl (C=O) groups is 4. The Morgan fingerprint density at radius 1 is 0.807 bits per heavy atom. The number of methoxy groups -OCH3 is 2. The maximum atomic E-state index is 13.7. The molecular formula is C40H46N10O7. The minimum Gasteiger partial charge on any atom is -0.453 e. The first-order valence-electron chi connectivity index (χ1n) is 19.3. The number of fused-ring (bicyclic) bond motifs is 6. The van der Waals surface area contributed by atoms with Crippen LogP contribution in [0.4, 0.5) is 9.59 Å². The van der Waals surface area contributed by atoms with Crippen LogP contribution in [0.25, 0.3) is 55.5 Å². The van der Waals surface area contributed by atoms with E-state index in [0.717, 1.165) is 53.1 Å². The summed E-state index contributed by atoms with van der Waals surface area (Å²) in [4.78, 5) is 81.1. The van der Waals surface area contributed by atoms with Gasteiger partial charge in [0.25, 0.3) is 0 Å². The normalized spacial score (nSPS) is 18.3. The summed E-state index contributed by atoms with van der Waals surface area (Å²) in [7, 11) is 2.56. The van der Waals surface area contributed by atoms with E-state index >= 15 is 0 Å². The van der Waals surface area contributed by atoms with Crippen molar-refractivity contribution in [3.8, 4) is 11.5 Å². The van der Waals surface area contributed by atoms with Gasteiger partial charge in [-0.1, -0.05) is 33.8 Å². The van der Waals surface area contributed by atoms with E-state index in [0.29, 0.717) is 52.9 Å². The van der Waals surface area contributed by atoms with Crippen molar-refractivity contribution in [3.63, 3.8) is 0 Å². The molecule has 4 N–H and O–H groups in total. The number of nitrogens with zero attached hydrogens (tertiary/aromatic N) is 6. The Labute approximate surface area is 327 Å². The van der Waals surface area contributed by atoms with Crippen LogP contribution in [0.15, 0.2) is 40.9 Å². The second kappa shape index (κ2) is 15.0. The summed E-state index contributed by atoms with van der Waals surface area (Å²) in [5, 5.41) is 7.13.